The molecule has 1 amide bonds. The van der Waals surface area contributed by atoms with E-state index in [9.17, 15) is 4.79 Å². The van der Waals surface area contributed by atoms with Gasteiger partial charge in [0.1, 0.15) is 0 Å². The Kier molecular flexibility index (Phi) is 5.84. The van der Waals surface area contributed by atoms with Crippen molar-refractivity contribution in [2.45, 2.75) is 42.9 Å². The summed E-state index contributed by atoms with van der Waals surface area (Å²) in [5.41, 5.74) is 1.08. The van der Waals surface area contributed by atoms with Crippen LogP contribution in [0, 0.1) is 0 Å². The van der Waals surface area contributed by atoms with Gasteiger partial charge in [0, 0.05) is 4.88 Å². The molecule has 1 aromatic carbocycles. The van der Waals surface area contributed by atoms with Gasteiger partial charge in [-0.25, -0.2) is 4.68 Å². The molecule has 1 fully saturated rings. The largest absolute Gasteiger partial charge is 0.344 e. The van der Waals surface area contributed by atoms with Crippen LogP contribution in [0.15, 0.2) is 53.0 Å². The van der Waals surface area contributed by atoms with E-state index in [2.05, 4.69) is 26.9 Å². The molecule has 0 bridgehead atoms. The first kappa shape index (κ1) is 18.2. The average Bonchev–Trinajstić information content (AvgIpc) is 3.47. The van der Waals surface area contributed by atoms with Crippen LogP contribution in [0.5, 0.6) is 0 Å². The maximum Gasteiger partial charge on any atom is 0.231 e. The third kappa shape index (κ3) is 4.39. The van der Waals surface area contributed by atoms with Crippen molar-refractivity contribution in [3.05, 3.63) is 58.3 Å². The number of hydrogen-bond acceptors (Lipinski definition) is 6. The van der Waals surface area contributed by atoms with Crippen LogP contribution in [0.25, 0.3) is 0 Å². The summed E-state index contributed by atoms with van der Waals surface area (Å²) in [6, 6.07) is 14.3. The fourth-order valence-electron chi connectivity index (χ4n) is 3.41. The van der Waals surface area contributed by atoms with Gasteiger partial charge in [-0.15, -0.1) is 16.4 Å². The molecule has 27 heavy (non-hydrogen) atoms. The van der Waals surface area contributed by atoms with Crippen LogP contribution in [0.3, 0.4) is 0 Å². The van der Waals surface area contributed by atoms with E-state index < -0.39 is 0 Å². The summed E-state index contributed by atoms with van der Waals surface area (Å²) in [4.78, 5) is 13.8. The van der Waals surface area contributed by atoms with Crippen molar-refractivity contribution < 1.29 is 4.79 Å². The maximum absolute atomic E-state index is 12.6. The van der Waals surface area contributed by atoms with Gasteiger partial charge in [0.15, 0.2) is 0 Å². The monoisotopic (exact) mass is 399 g/mol. The Morgan fingerprint density at radius 3 is 2.78 bits per heavy atom. The quantitative estimate of drug-likeness (QED) is 0.611. The molecular formula is C19H21N5OS2. The maximum atomic E-state index is 12.6. The fourth-order valence-corrected chi connectivity index (χ4v) is 4.97. The van der Waals surface area contributed by atoms with Crippen LogP contribution in [0.1, 0.15) is 48.2 Å². The molecule has 6 nitrogen and oxygen atoms in total. The lowest BCUT2D eigenvalue weighted by atomic mass is 10.1. The number of aromatic nitrogens is 4. The lowest BCUT2D eigenvalue weighted by Crippen LogP contribution is -2.30. The summed E-state index contributed by atoms with van der Waals surface area (Å²) < 4.78 is 1.89. The van der Waals surface area contributed by atoms with E-state index in [0.717, 1.165) is 28.4 Å². The molecule has 1 N–H and O–H groups in total. The Bertz CT molecular complexity index is 859. The molecule has 0 radical (unpaired) electrons. The van der Waals surface area contributed by atoms with Gasteiger partial charge in [0.2, 0.25) is 11.1 Å². The zero-order valence-electron chi connectivity index (χ0n) is 14.8. The van der Waals surface area contributed by atoms with Crippen molar-refractivity contribution >= 4 is 29.0 Å². The first-order valence-corrected chi connectivity index (χ1v) is 11.0. The molecule has 4 rings (SSSR count). The second kappa shape index (κ2) is 8.67. The normalized spacial score (nSPS) is 15.7. The van der Waals surface area contributed by atoms with E-state index in [0.29, 0.717) is 11.8 Å². The van der Waals surface area contributed by atoms with Crippen molar-refractivity contribution in [1.29, 1.82) is 0 Å². The molecule has 0 spiro atoms. The third-order valence-electron chi connectivity index (χ3n) is 4.73. The van der Waals surface area contributed by atoms with E-state index in [-0.39, 0.29) is 11.9 Å². The predicted molar refractivity (Wildman–Crippen MR) is 107 cm³/mol. The molecule has 1 aliphatic rings. The zero-order chi connectivity index (χ0) is 18.5. The van der Waals surface area contributed by atoms with Crippen molar-refractivity contribution in [2.24, 2.45) is 0 Å². The Balaban J connectivity index is 1.41. The Morgan fingerprint density at radius 2 is 2.04 bits per heavy atom. The molecule has 1 aliphatic carbocycles. The van der Waals surface area contributed by atoms with Crippen LogP contribution in [-0.2, 0) is 4.79 Å². The molecule has 1 atom stereocenters. The SMILES string of the molecule is O=C(CSc1nnnn1C1CCCC1)N[C@H](c1ccccc1)c1cccs1. The third-order valence-corrected chi connectivity index (χ3v) is 6.60. The Morgan fingerprint density at radius 1 is 1.22 bits per heavy atom. The number of thioether (sulfide) groups is 1. The van der Waals surface area contributed by atoms with Crippen molar-refractivity contribution in [3.8, 4) is 0 Å². The van der Waals surface area contributed by atoms with Gasteiger partial charge in [-0.05, 0) is 40.3 Å². The van der Waals surface area contributed by atoms with E-state index >= 15 is 0 Å². The van der Waals surface area contributed by atoms with Crippen LogP contribution >= 0.6 is 23.1 Å². The summed E-state index contributed by atoms with van der Waals surface area (Å²) in [6.45, 7) is 0. The number of hydrogen-bond donors (Lipinski definition) is 1. The molecule has 0 aliphatic heterocycles. The van der Waals surface area contributed by atoms with Crippen LogP contribution in [0.4, 0.5) is 0 Å². The predicted octanol–water partition coefficient (Wildman–Crippen LogP) is 3.85. The summed E-state index contributed by atoms with van der Waals surface area (Å²) in [5, 5.41) is 18.0. The van der Waals surface area contributed by atoms with E-state index in [1.807, 2.05) is 46.5 Å². The first-order chi connectivity index (χ1) is 13.3. The molecule has 140 valence electrons. The molecular weight excluding hydrogens is 378 g/mol. The molecule has 3 aromatic rings. The molecule has 0 unspecified atom stereocenters. The van der Waals surface area contributed by atoms with Gasteiger partial charge < -0.3 is 5.32 Å². The van der Waals surface area contributed by atoms with Gasteiger partial charge in [-0.2, -0.15) is 0 Å². The number of nitrogens with zero attached hydrogens (tertiary/aromatic N) is 4. The number of nitrogens with one attached hydrogen (secondary N) is 1. The van der Waals surface area contributed by atoms with Crippen molar-refractivity contribution in [2.75, 3.05) is 5.75 Å². The Labute approximate surface area is 166 Å². The number of thiophene rings is 1. The minimum absolute atomic E-state index is 0.0248. The average molecular weight is 400 g/mol. The lowest BCUT2D eigenvalue weighted by molar-refractivity contribution is -0.119. The number of rotatable bonds is 7. The van der Waals surface area contributed by atoms with E-state index in [4.69, 9.17) is 0 Å². The molecule has 2 heterocycles. The Hall–Kier alpha value is -2.19. The highest BCUT2D eigenvalue weighted by molar-refractivity contribution is 7.99. The van der Waals surface area contributed by atoms with Gasteiger partial charge in [0.05, 0.1) is 17.8 Å². The van der Waals surface area contributed by atoms with Gasteiger partial charge in [-0.3, -0.25) is 4.79 Å². The van der Waals surface area contributed by atoms with E-state index in [1.54, 1.807) is 11.3 Å². The van der Waals surface area contributed by atoms with Gasteiger partial charge in [-0.1, -0.05) is 61.0 Å². The number of carbonyl (C=O) groups is 1. The van der Waals surface area contributed by atoms with Gasteiger partial charge >= 0.3 is 0 Å². The van der Waals surface area contributed by atoms with Crippen molar-refractivity contribution in [3.63, 3.8) is 0 Å². The summed E-state index contributed by atoms with van der Waals surface area (Å²) in [7, 11) is 0. The number of amides is 1. The molecule has 0 saturated heterocycles. The molecule has 2 aromatic heterocycles. The van der Waals surface area contributed by atoms with Crippen LogP contribution in [0.2, 0.25) is 0 Å². The zero-order valence-corrected chi connectivity index (χ0v) is 16.5. The topological polar surface area (TPSA) is 72.7 Å². The minimum atomic E-state index is -0.134. The number of benzene rings is 1. The standard InChI is InChI=1S/C19H21N5OS2/c25-17(13-27-19-21-22-23-24(19)15-9-4-5-10-15)20-18(16-11-6-12-26-16)14-7-2-1-3-8-14/h1-3,6-8,11-12,15,18H,4-5,9-10,13H2,(H,20,25)/t18-/m1/s1. The highest BCUT2D eigenvalue weighted by Crippen LogP contribution is 2.31. The highest BCUT2D eigenvalue weighted by atomic mass is 32.2. The highest BCUT2D eigenvalue weighted by Gasteiger charge is 2.23. The first-order valence-electron chi connectivity index (χ1n) is 9.09. The number of carbonyl (C=O) groups excluding carboxylic acids is 1. The second-order valence-electron chi connectivity index (χ2n) is 6.56. The summed E-state index contributed by atoms with van der Waals surface area (Å²) >= 11 is 3.05. The van der Waals surface area contributed by atoms with Crippen molar-refractivity contribution in [1.82, 2.24) is 25.5 Å². The van der Waals surface area contributed by atoms with E-state index in [1.165, 1.54) is 24.6 Å². The summed E-state index contributed by atoms with van der Waals surface area (Å²) in [6.07, 6.45) is 4.65. The smallest absolute Gasteiger partial charge is 0.231 e. The lowest BCUT2D eigenvalue weighted by Gasteiger charge is -2.18. The van der Waals surface area contributed by atoms with Crippen LogP contribution < -0.4 is 5.32 Å². The minimum Gasteiger partial charge on any atom is -0.344 e. The molecule has 8 heteroatoms. The second-order valence-corrected chi connectivity index (χ2v) is 8.48. The molecule has 1 saturated carbocycles. The fraction of sp³-hybridized carbons (Fsp3) is 0.368. The van der Waals surface area contributed by atoms with Crippen LogP contribution in [-0.4, -0.2) is 31.9 Å². The van der Waals surface area contributed by atoms with Gasteiger partial charge in [0.25, 0.3) is 0 Å². The summed E-state index contributed by atoms with van der Waals surface area (Å²) in [5.74, 6) is 0.269. The number of tetrazole rings is 1.